The van der Waals surface area contributed by atoms with E-state index in [1.165, 1.54) is 27.1 Å². The van der Waals surface area contributed by atoms with Gasteiger partial charge in [-0.2, -0.15) is 0 Å². The van der Waals surface area contributed by atoms with Crippen LogP contribution in [0.1, 0.15) is 28.7 Å². The molecule has 29 heavy (non-hydrogen) atoms. The summed E-state index contributed by atoms with van der Waals surface area (Å²) in [4.78, 5) is 17.9. The number of anilines is 1. The van der Waals surface area contributed by atoms with E-state index < -0.39 is 0 Å². The molecule has 0 saturated carbocycles. The highest BCUT2D eigenvalue weighted by Gasteiger charge is 2.25. The Morgan fingerprint density at radius 2 is 2.14 bits per heavy atom. The average molecular weight is 407 g/mol. The number of quaternary nitrogens is 1. The zero-order chi connectivity index (χ0) is 19.8. The van der Waals surface area contributed by atoms with Crippen LogP contribution < -0.4 is 10.2 Å². The van der Waals surface area contributed by atoms with E-state index in [2.05, 4.69) is 24.4 Å². The lowest BCUT2D eigenvalue weighted by atomic mass is 10.1. The molecule has 0 saturated heterocycles. The zero-order valence-electron chi connectivity index (χ0n) is 16.6. The Morgan fingerprint density at radius 3 is 2.90 bits per heavy atom. The van der Waals surface area contributed by atoms with E-state index in [4.69, 9.17) is 14.4 Å². The van der Waals surface area contributed by atoms with Crippen LogP contribution in [0.2, 0.25) is 0 Å². The number of hydrogen-bond acceptors (Lipinski definition) is 6. The molecule has 5 rings (SSSR count). The highest BCUT2D eigenvalue weighted by atomic mass is 32.1. The van der Waals surface area contributed by atoms with Gasteiger partial charge in [-0.1, -0.05) is 0 Å². The molecular formula is C22H24N5OS+. The number of pyridine rings is 1. The summed E-state index contributed by atoms with van der Waals surface area (Å²) in [7, 11) is 4.29. The maximum atomic E-state index is 5.69. The first kappa shape index (κ1) is 18.3. The van der Waals surface area contributed by atoms with Gasteiger partial charge in [-0.25, -0.2) is 9.97 Å². The maximum absolute atomic E-state index is 5.69. The van der Waals surface area contributed by atoms with Crippen LogP contribution in [-0.4, -0.2) is 35.6 Å². The normalized spacial score (nSPS) is 14.4. The molecule has 4 aromatic heterocycles. The van der Waals surface area contributed by atoms with E-state index in [1.54, 1.807) is 12.5 Å². The standard InChI is InChI=1S/C22H23N5OS/c1-27(2)16(17-8-5-11-28-17)13-24-21-19-15-7-3-9-18(15)29-22(19)26-20(25-21)14-6-4-10-23-12-14/h4-6,8,10-12,16H,3,7,9,13H2,1-2H3,(H,24,25,26)/p+1/t16-/m0/s1. The number of rotatable bonds is 6. The van der Waals surface area contributed by atoms with Gasteiger partial charge in [-0.3, -0.25) is 4.98 Å². The summed E-state index contributed by atoms with van der Waals surface area (Å²) in [5, 5.41) is 4.83. The molecule has 6 nitrogen and oxygen atoms in total. The van der Waals surface area contributed by atoms with Crippen LogP contribution in [0.3, 0.4) is 0 Å². The number of nitrogens with one attached hydrogen (secondary N) is 2. The van der Waals surface area contributed by atoms with Crippen molar-refractivity contribution in [1.82, 2.24) is 15.0 Å². The zero-order valence-corrected chi connectivity index (χ0v) is 17.4. The average Bonchev–Trinajstić information content (AvgIpc) is 3.46. The third-order valence-electron chi connectivity index (χ3n) is 5.54. The second kappa shape index (κ2) is 7.57. The first-order valence-corrected chi connectivity index (χ1v) is 10.8. The Balaban J connectivity index is 1.56. The van der Waals surface area contributed by atoms with Crippen LogP contribution in [0.25, 0.3) is 21.6 Å². The van der Waals surface area contributed by atoms with E-state index in [0.717, 1.165) is 47.2 Å². The summed E-state index contributed by atoms with van der Waals surface area (Å²) in [5.74, 6) is 2.62. The molecule has 2 N–H and O–H groups in total. The Kier molecular flexibility index (Phi) is 4.77. The van der Waals surface area contributed by atoms with Crippen molar-refractivity contribution in [2.24, 2.45) is 0 Å². The van der Waals surface area contributed by atoms with Crippen molar-refractivity contribution in [3.05, 3.63) is 59.1 Å². The van der Waals surface area contributed by atoms with Gasteiger partial charge < -0.3 is 14.6 Å². The van der Waals surface area contributed by atoms with E-state index in [-0.39, 0.29) is 6.04 Å². The molecule has 0 aliphatic heterocycles. The molecule has 0 spiro atoms. The summed E-state index contributed by atoms with van der Waals surface area (Å²) in [6.45, 7) is 0.735. The Hall–Kier alpha value is -2.77. The van der Waals surface area contributed by atoms with Gasteiger partial charge in [-0.05, 0) is 49.1 Å². The summed E-state index contributed by atoms with van der Waals surface area (Å²) < 4.78 is 5.69. The fourth-order valence-electron chi connectivity index (χ4n) is 4.03. The van der Waals surface area contributed by atoms with Crippen LogP contribution in [0, 0.1) is 0 Å². The number of nitrogens with zero attached hydrogens (tertiary/aromatic N) is 3. The van der Waals surface area contributed by atoms with Crippen molar-refractivity contribution < 1.29 is 9.32 Å². The predicted molar refractivity (Wildman–Crippen MR) is 115 cm³/mol. The van der Waals surface area contributed by atoms with Crippen molar-refractivity contribution in [3.63, 3.8) is 0 Å². The fourth-order valence-corrected chi connectivity index (χ4v) is 5.29. The number of thiophene rings is 1. The molecule has 4 heterocycles. The lowest BCUT2D eigenvalue weighted by Crippen LogP contribution is -3.06. The molecule has 1 atom stereocenters. The van der Waals surface area contributed by atoms with E-state index >= 15 is 0 Å². The minimum absolute atomic E-state index is 0.198. The summed E-state index contributed by atoms with van der Waals surface area (Å²) >= 11 is 1.81. The van der Waals surface area contributed by atoms with Crippen molar-refractivity contribution in [2.45, 2.75) is 25.3 Å². The minimum Gasteiger partial charge on any atom is -0.463 e. The van der Waals surface area contributed by atoms with Gasteiger partial charge in [0, 0.05) is 22.8 Å². The van der Waals surface area contributed by atoms with Gasteiger partial charge in [0.1, 0.15) is 10.6 Å². The van der Waals surface area contributed by atoms with E-state index in [1.807, 2.05) is 41.8 Å². The molecule has 0 radical (unpaired) electrons. The molecular weight excluding hydrogens is 382 g/mol. The highest BCUT2D eigenvalue weighted by molar-refractivity contribution is 7.19. The molecule has 0 amide bonds. The third kappa shape index (κ3) is 3.41. The molecule has 0 aromatic carbocycles. The number of aromatic nitrogens is 3. The lowest BCUT2D eigenvalue weighted by Gasteiger charge is -2.20. The number of aryl methyl sites for hydroxylation is 2. The summed E-state index contributed by atoms with van der Waals surface area (Å²) in [6.07, 6.45) is 8.81. The quantitative estimate of drug-likeness (QED) is 0.515. The van der Waals surface area contributed by atoms with Crippen molar-refractivity contribution in [3.8, 4) is 11.4 Å². The van der Waals surface area contributed by atoms with Crippen molar-refractivity contribution in [1.29, 1.82) is 0 Å². The molecule has 0 unspecified atom stereocenters. The lowest BCUT2D eigenvalue weighted by molar-refractivity contribution is -0.891. The van der Waals surface area contributed by atoms with Gasteiger partial charge in [0.2, 0.25) is 0 Å². The summed E-state index contributed by atoms with van der Waals surface area (Å²) in [6, 6.07) is 8.11. The van der Waals surface area contributed by atoms with Gasteiger partial charge >= 0.3 is 0 Å². The van der Waals surface area contributed by atoms with Crippen LogP contribution in [0.5, 0.6) is 0 Å². The highest BCUT2D eigenvalue weighted by Crippen LogP contribution is 2.40. The number of likely N-dealkylation sites (N-methyl/N-ethyl adjacent to an activating group) is 1. The molecule has 4 aromatic rings. The first-order chi connectivity index (χ1) is 14.2. The summed E-state index contributed by atoms with van der Waals surface area (Å²) in [5.41, 5.74) is 2.36. The van der Waals surface area contributed by atoms with E-state index in [9.17, 15) is 0 Å². The smallest absolute Gasteiger partial charge is 0.164 e. The largest absolute Gasteiger partial charge is 0.463 e. The van der Waals surface area contributed by atoms with Crippen LogP contribution >= 0.6 is 11.3 Å². The molecule has 7 heteroatoms. The topological polar surface area (TPSA) is 68.3 Å². The second-order valence-corrected chi connectivity index (χ2v) is 8.78. The first-order valence-electron chi connectivity index (χ1n) is 10.0. The van der Waals surface area contributed by atoms with Gasteiger partial charge in [0.25, 0.3) is 0 Å². The number of hydrogen-bond donors (Lipinski definition) is 2. The Bertz CT molecular complexity index is 1120. The molecule has 1 aliphatic rings. The number of furan rings is 1. The molecule has 1 aliphatic carbocycles. The van der Waals surface area contributed by atoms with Crippen molar-refractivity contribution in [2.75, 3.05) is 26.0 Å². The maximum Gasteiger partial charge on any atom is 0.164 e. The number of fused-ring (bicyclic) bond motifs is 3. The van der Waals surface area contributed by atoms with Crippen molar-refractivity contribution >= 4 is 27.4 Å². The molecule has 0 bridgehead atoms. The van der Waals surface area contributed by atoms with Crippen LogP contribution in [0.4, 0.5) is 5.82 Å². The molecule has 148 valence electrons. The van der Waals surface area contributed by atoms with Gasteiger partial charge in [0.15, 0.2) is 17.6 Å². The minimum atomic E-state index is 0.198. The Morgan fingerprint density at radius 1 is 1.21 bits per heavy atom. The SMILES string of the molecule is C[NH+](C)[C@@H](CNc1nc(-c2cccnc2)nc2sc3c(c12)CCC3)c1ccco1. The monoisotopic (exact) mass is 406 g/mol. The Labute approximate surface area is 173 Å². The fraction of sp³-hybridized carbons (Fsp3) is 0.318. The van der Waals surface area contributed by atoms with Gasteiger partial charge in [-0.15, -0.1) is 11.3 Å². The second-order valence-electron chi connectivity index (χ2n) is 7.70. The van der Waals surface area contributed by atoms with Crippen LogP contribution in [0.15, 0.2) is 47.3 Å². The van der Waals surface area contributed by atoms with Crippen LogP contribution in [-0.2, 0) is 12.8 Å². The predicted octanol–water partition coefficient (Wildman–Crippen LogP) is 3.13. The molecule has 0 fully saturated rings. The van der Waals surface area contributed by atoms with E-state index in [0.29, 0.717) is 0 Å². The third-order valence-corrected chi connectivity index (χ3v) is 6.73. The van der Waals surface area contributed by atoms with Gasteiger partial charge in [0.05, 0.1) is 32.3 Å².